The van der Waals surface area contributed by atoms with Crippen molar-refractivity contribution in [3.63, 3.8) is 0 Å². The third-order valence-corrected chi connectivity index (χ3v) is 13.8. The minimum Gasteiger partial charge on any atom is -0.456 e. The normalized spacial score (nSPS) is 13.0. The lowest BCUT2D eigenvalue weighted by Gasteiger charge is -2.30. The van der Waals surface area contributed by atoms with Gasteiger partial charge in [0.15, 0.2) is 0 Å². The monoisotopic (exact) mass is 785 g/mol. The van der Waals surface area contributed by atoms with Crippen molar-refractivity contribution in [1.82, 2.24) is 0 Å². The Morgan fingerprint density at radius 3 is 1.90 bits per heavy atom. The van der Waals surface area contributed by atoms with Gasteiger partial charge in [-0.25, -0.2) is 0 Å². The van der Waals surface area contributed by atoms with E-state index in [0.717, 1.165) is 44.6 Å². The highest BCUT2D eigenvalue weighted by atomic mass is 32.1. The van der Waals surface area contributed by atoms with Crippen LogP contribution in [0.5, 0.6) is 0 Å². The molecule has 2 aromatic heterocycles. The molecule has 0 fully saturated rings. The average molecular weight is 786 g/mol. The van der Waals surface area contributed by atoms with Gasteiger partial charge in [-0.3, -0.25) is 0 Å². The molecule has 2 heterocycles. The number of fused-ring (bicyclic) bond motifs is 9. The molecule has 3 heteroatoms. The molecule has 0 saturated carbocycles. The van der Waals surface area contributed by atoms with Gasteiger partial charge in [0.25, 0.3) is 0 Å². The van der Waals surface area contributed by atoms with E-state index in [1.807, 2.05) is 17.4 Å². The summed E-state index contributed by atoms with van der Waals surface area (Å²) in [6.07, 6.45) is 0. The number of furan rings is 1. The molecule has 0 atom stereocenters. The van der Waals surface area contributed by atoms with Crippen molar-refractivity contribution >= 4 is 70.5 Å². The first-order valence-electron chi connectivity index (χ1n) is 20.7. The van der Waals surface area contributed by atoms with E-state index >= 15 is 0 Å². The molecule has 2 nitrogen and oxygen atoms in total. The Morgan fingerprint density at radius 2 is 1.03 bits per heavy atom. The maximum absolute atomic E-state index is 6.57. The lowest BCUT2D eigenvalue weighted by Crippen LogP contribution is -2.17. The molecule has 9 aromatic carbocycles. The highest BCUT2D eigenvalue weighted by molar-refractivity contribution is 7.26. The topological polar surface area (TPSA) is 16.4 Å². The van der Waals surface area contributed by atoms with Gasteiger partial charge >= 0.3 is 0 Å². The molecular formula is C57H39NOS. The van der Waals surface area contributed by atoms with Crippen molar-refractivity contribution in [2.75, 3.05) is 4.90 Å². The van der Waals surface area contributed by atoms with Crippen LogP contribution in [0.1, 0.15) is 25.0 Å². The fourth-order valence-corrected chi connectivity index (χ4v) is 11.0. The summed E-state index contributed by atoms with van der Waals surface area (Å²) in [4.78, 5) is 2.45. The third-order valence-electron chi connectivity index (χ3n) is 12.7. The van der Waals surface area contributed by atoms with Crippen LogP contribution in [0.15, 0.2) is 205 Å². The van der Waals surface area contributed by atoms with Crippen LogP contribution in [-0.4, -0.2) is 0 Å². The van der Waals surface area contributed by atoms with Gasteiger partial charge in [0.1, 0.15) is 11.2 Å². The predicted molar refractivity (Wildman–Crippen MR) is 255 cm³/mol. The van der Waals surface area contributed by atoms with Crippen LogP contribution in [-0.2, 0) is 5.41 Å². The fourth-order valence-electron chi connectivity index (χ4n) is 9.90. The van der Waals surface area contributed by atoms with Crippen molar-refractivity contribution in [3.05, 3.63) is 211 Å². The van der Waals surface area contributed by atoms with E-state index in [9.17, 15) is 0 Å². The summed E-state index contributed by atoms with van der Waals surface area (Å²) in [5, 5.41) is 4.81. The Labute approximate surface area is 353 Å². The maximum atomic E-state index is 6.57. The molecular weight excluding hydrogens is 747 g/mol. The summed E-state index contributed by atoms with van der Waals surface area (Å²) < 4.78 is 9.14. The second kappa shape index (κ2) is 13.4. The molecule has 0 aliphatic heterocycles. The summed E-state index contributed by atoms with van der Waals surface area (Å²) in [5.41, 5.74) is 17.4. The summed E-state index contributed by atoms with van der Waals surface area (Å²) in [5.74, 6) is 0. The Kier molecular flexibility index (Phi) is 7.79. The molecule has 11 aromatic rings. The average Bonchev–Trinajstić information content (AvgIpc) is 3.94. The van der Waals surface area contributed by atoms with E-state index in [1.54, 1.807) is 0 Å². The fraction of sp³-hybridized carbons (Fsp3) is 0.0526. The Hall–Kier alpha value is -7.20. The number of hydrogen-bond acceptors (Lipinski definition) is 3. The smallest absolute Gasteiger partial charge is 0.137 e. The third kappa shape index (κ3) is 5.26. The first-order valence-corrected chi connectivity index (χ1v) is 21.5. The van der Waals surface area contributed by atoms with Gasteiger partial charge in [0.2, 0.25) is 0 Å². The van der Waals surface area contributed by atoms with Gasteiger partial charge in [0.05, 0.1) is 5.69 Å². The minimum absolute atomic E-state index is 0.158. The Morgan fingerprint density at radius 1 is 0.417 bits per heavy atom. The molecule has 0 spiro atoms. The molecule has 1 aliphatic carbocycles. The van der Waals surface area contributed by atoms with Gasteiger partial charge in [-0.2, -0.15) is 0 Å². The van der Waals surface area contributed by atoms with Crippen molar-refractivity contribution in [3.8, 4) is 44.5 Å². The summed E-state index contributed by atoms with van der Waals surface area (Å²) in [6, 6.07) is 73.2. The largest absolute Gasteiger partial charge is 0.456 e. The zero-order chi connectivity index (χ0) is 40.0. The number of rotatable bonds is 6. The summed E-state index contributed by atoms with van der Waals surface area (Å²) >= 11 is 1.87. The van der Waals surface area contributed by atoms with Crippen molar-refractivity contribution < 1.29 is 4.42 Å². The predicted octanol–water partition coefficient (Wildman–Crippen LogP) is 16.7. The number of anilines is 3. The van der Waals surface area contributed by atoms with Gasteiger partial charge in [-0.15, -0.1) is 11.3 Å². The van der Waals surface area contributed by atoms with E-state index in [-0.39, 0.29) is 5.41 Å². The van der Waals surface area contributed by atoms with Crippen LogP contribution >= 0.6 is 11.3 Å². The SMILES string of the molecule is CC1(C)c2ccccc2-c2ccc(N(c3ccc4c(c3)oc3ccccc34)c3ccccc3-c3ccc4sc5ccccc5c4c3-c3ccccc3-c3ccccc3)cc21. The number of hydrogen-bond donors (Lipinski definition) is 0. The number of thiophene rings is 1. The van der Waals surface area contributed by atoms with Gasteiger partial charge in [-0.05, 0) is 98.6 Å². The minimum atomic E-state index is -0.158. The second-order valence-corrected chi connectivity index (χ2v) is 17.5. The Bertz CT molecular complexity index is 3480. The van der Waals surface area contributed by atoms with Crippen molar-refractivity contribution in [2.24, 2.45) is 0 Å². The lowest BCUT2D eigenvalue weighted by atomic mass is 9.82. The standard InChI is InChI=1S/C57H39NOS/c1-57(2)48-24-12-8-19-40(48)41-30-28-37(34-49(41)57)58(38-29-31-44-43-21-10-14-26-51(43)59-52(44)35-38)50-25-13-9-20-42(50)46-32-33-54-56(47-23-11-15-27-53(47)60-54)55(46)45-22-7-6-18-39(45)36-16-4-3-5-17-36/h3-35H,1-2H3. The van der Waals surface area contributed by atoms with E-state index in [2.05, 4.69) is 213 Å². The van der Waals surface area contributed by atoms with Crippen molar-refractivity contribution in [1.29, 1.82) is 0 Å². The first-order chi connectivity index (χ1) is 29.5. The zero-order valence-corrected chi connectivity index (χ0v) is 34.1. The van der Waals surface area contributed by atoms with Crippen LogP contribution < -0.4 is 4.90 Å². The summed E-state index contributed by atoms with van der Waals surface area (Å²) in [7, 11) is 0. The lowest BCUT2D eigenvalue weighted by molar-refractivity contribution is 0.660. The van der Waals surface area contributed by atoms with E-state index < -0.39 is 0 Å². The quantitative estimate of drug-likeness (QED) is 0.167. The van der Waals surface area contributed by atoms with Crippen molar-refractivity contribution in [2.45, 2.75) is 19.3 Å². The zero-order valence-electron chi connectivity index (χ0n) is 33.3. The molecule has 12 rings (SSSR count). The van der Waals surface area contributed by atoms with Gasteiger partial charge in [-0.1, -0.05) is 159 Å². The van der Waals surface area contributed by atoms with E-state index in [4.69, 9.17) is 4.42 Å². The Balaban J connectivity index is 1.15. The molecule has 0 N–H and O–H groups in total. The summed E-state index contributed by atoms with van der Waals surface area (Å²) in [6.45, 7) is 4.72. The molecule has 0 radical (unpaired) electrons. The molecule has 1 aliphatic rings. The van der Waals surface area contributed by atoms with Crippen LogP contribution in [0.4, 0.5) is 17.1 Å². The van der Waals surface area contributed by atoms with Crippen LogP contribution in [0.3, 0.4) is 0 Å². The molecule has 0 amide bonds. The van der Waals surface area contributed by atoms with E-state index in [0.29, 0.717) is 0 Å². The van der Waals surface area contributed by atoms with Crippen LogP contribution in [0, 0.1) is 0 Å². The second-order valence-electron chi connectivity index (χ2n) is 16.4. The first kappa shape index (κ1) is 34.8. The van der Waals surface area contributed by atoms with Gasteiger partial charge < -0.3 is 9.32 Å². The highest BCUT2D eigenvalue weighted by Crippen LogP contribution is 2.53. The molecule has 284 valence electrons. The van der Waals surface area contributed by atoms with Crippen LogP contribution in [0.2, 0.25) is 0 Å². The number of nitrogens with zero attached hydrogens (tertiary/aromatic N) is 1. The van der Waals surface area contributed by atoms with Gasteiger partial charge in [0, 0.05) is 59.4 Å². The molecule has 0 saturated heterocycles. The maximum Gasteiger partial charge on any atom is 0.137 e. The molecule has 60 heavy (non-hydrogen) atoms. The van der Waals surface area contributed by atoms with E-state index in [1.165, 1.54) is 70.2 Å². The molecule has 0 bridgehead atoms. The number of benzene rings is 9. The van der Waals surface area contributed by atoms with Crippen LogP contribution in [0.25, 0.3) is 86.6 Å². The number of para-hydroxylation sites is 2. The molecule has 0 unspecified atom stereocenters. The highest BCUT2D eigenvalue weighted by Gasteiger charge is 2.36.